The molecule has 0 aliphatic rings. The summed E-state index contributed by atoms with van der Waals surface area (Å²) in [4.78, 5) is 4.69. The minimum Gasteiger partial charge on any atom is -0.271 e. The van der Waals surface area contributed by atoms with Crippen LogP contribution in [0.25, 0.3) is 10.9 Å². The summed E-state index contributed by atoms with van der Waals surface area (Å²) in [5.74, 6) is 11.6. The highest BCUT2D eigenvalue weighted by Gasteiger charge is 2.15. The maximum Gasteiger partial charge on any atom is 0.0736 e. The van der Waals surface area contributed by atoms with E-state index in [4.69, 9.17) is 5.84 Å². The Kier molecular flexibility index (Phi) is 4.92. The molecular formula is C15H16BrN3. The van der Waals surface area contributed by atoms with Crippen molar-refractivity contribution in [3.05, 3.63) is 40.5 Å². The maximum atomic E-state index is 5.64. The molecule has 1 atom stereocenters. The molecule has 0 fully saturated rings. The summed E-state index contributed by atoms with van der Waals surface area (Å²) in [6.07, 6.45) is 1.63. The van der Waals surface area contributed by atoms with Gasteiger partial charge in [-0.15, -0.1) is 11.8 Å². The third-order valence-electron chi connectivity index (χ3n) is 2.97. The van der Waals surface area contributed by atoms with Gasteiger partial charge in [-0.05, 0) is 41.4 Å². The van der Waals surface area contributed by atoms with E-state index < -0.39 is 0 Å². The van der Waals surface area contributed by atoms with Crippen LogP contribution in [0.5, 0.6) is 0 Å². The highest BCUT2D eigenvalue weighted by Crippen LogP contribution is 2.27. The Labute approximate surface area is 121 Å². The fraction of sp³-hybridized carbons (Fsp3) is 0.267. The molecule has 1 heterocycles. The van der Waals surface area contributed by atoms with E-state index in [1.54, 1.807) is 0 Å². The van der Waals surface area contributed by atoms with Gasteiger partial charge in [0, 0.05) is 16.3 Å². The highest BCUT2D eigenvalue weighted by atomic mass is 79.9. The molecule has 2 aromatic rings. The molecule has 0 aliphatic carbocycles. The molecule has 1 aromatic heterocycles. The molecule has 0 amide bonds. The third kappa shape index (κ3) is 3.32. The van der Waals surface area contributed by atoms with Gasteiger partial charge in [0.1, 0.15) is 0 Å². The number of para-hydroxylation sites is 1. The van der Waals surface area contributed by atoms with Crippen molar-refractivity contribution in [1.29, 1.82) is 0 Å². The summed E-state index contributed by atoms with van der Waals surface area (Å²) >= 11 is 3.57. The van der Waals surface area contributed by atoms with Gasteiger partial charge in [-0.2, -0.15) is 0 Å². The predicted molar refractivity (Wildman–Crippen MR) is 82.2 cm³/mol. The molecule has 0 spiro atoms. The van der Waals surface area contributed by atoms with Gasteiger partial charge in [-0.25, -0.2) is 4.98 Å². The van der Waals surface area contributed by atoms with Gasteiger partial charge < -0.3 is 0 Å². The number of rotatable bonds is 4. The number of hydrogen-bond acceptors (Lipinski definition) is 3. The van der Waals surface area contributed by atoms with E-state index in [0.29, 0.717) is 0 Å². The van der Waals surface area contributed by atoms with E-state index in [1.165, 1.54) is 0 Å². The molecule has 0 radical (unpaired) electrons. The number of aromatic nitrogens is 1. The topological polar surface area (TPSA) is 50.9 Å². The van der Waals surface area contributed by atoms with Gasteiger partial charge >= 0.3 is 0 Å². The molecule has 1 aromatic carbocycles. The number of nitrogens with two attached hydrogens (primary N) is 1. The van der Waals surface area contributed by atoms with Crippen LogP contribution in [0.2, 0.25) is 0 Å². The molecule has 4 heteroatoms. The summed E-state index contributed by atoms with van der Waals surface area (Å²) in [6.45, 7) is 1.84. The number of benzene rings is 1. The van der Waals surface area contributed by atoms with Crippen LogP contribution in [0.15, 0.2) is 34.8 Å². The smallest absolute Gasteiger partial charge is 0.0736 e. The van der Waals surface area contributed by atoms with Gasteiger partial charge in [-0.1, -0.05) is 18.2 Å². The molecule has 3 nitrogen and oxygen atoms in total. The zero-order valence-electron chi connectivity index (χ0n) is 10.8. The van der Waals surface area contributed by atoms with Crippen molar-refractivity contribution >= 4 is 26.8 Å². The first kappa shape index (κ1) is 14.0. The second-order valence-electron chi connectivity index (χ2n) is 4.23. The molecule has 3 N–H and O–H groups in total. The van der Waals surface area contributed by atoms with E-state index in [2.05, 4.69) is 44.2 Å². The van der Waals surface area contributed by atoms with Crippen LogP contribution in [0.1, 0.15) is 31.5 Å². The standard InChI is InChI=1S/C15H16BrN3/c1-2-3-4-9-14(19-17)15-12(16)10-11-7-5-6-8-13(11)18-15/h5-8,10,14,19H,4,9,17H2,1H3. The number of hydrazine groups is 1. The number of pyridine rings is 1. The molecule has 0 aliphatic heterocycles. The van der Waals surface area contributed by atoms with Gasteiger partial charge in [0.15, 0.2) is 0 Å². The Morgan fingerprint density at radius 1 is 1.42 bits per heavy atom. The summed E-state index contributed by atoms with van der Waals surface area (Å²) < 4.78 is 0.971. The van der Waals surface area contributed by atoms with E-state index in [9.17, 15) is 0 Å². The van der Waals surface area contributed by atoms with E-state index in [1.807, 2.05) is 31.2 Å². The molecule has 2 rings (SSSR count). The van der Waals surface area contributed by atoms with Crippen molar-refractivity contribution in [3.8, 4) is 11.8 Å². The summed E-state index contributed by atoms with van der Waals surface area (Å²) in [5, 5.41) is 1.11. The lowest BCUT2D eigenvalue weighted by Crippen LogP contribution is -2.29. The molecule has 98 valence electrons. The normalized spacial score (nSPS) is 11.9. The molecule has 0 saturated carbocycles. The summed E-state index contributed by atoms with van der Waals surface area (Å²) in [6, 6.07) is 10.1. The van der Waals surface area contributed by atoms with Crippen molar-refractivity contribution < 1.29 is 0 Å². The zero-order valence-corrected chi connectivity index (χ0v) is 12.4. The Hall–Kier alpha value is -1.41. The molecule has 1 unspecified atom stereocenters. The van der Waals surface area contributed by atoms with Gasteiger partial charge in [0.2, 0.25) is 0 Å². The largest absolute Gasteiger partial charge is 0.271 e. The fourth-order valence-corrected chi connectivity index (χ4v) is 2.60. The van der Waals surface area contributed by atoms with Gasteiger partial charge in [0.25, 0.3) is 0 Å². The number of nitrogens with one attached hydrogen (secondary N) is 1. The highest BCUT2D eigenvalue weighted by molar-refractivity contribution is 9.10. The average molecular weight is 318 g/mol. The van der Waals surface area contributed by atoms with Gasteiger partial charge in [0.05, 0.1) is 17.3 Å². The Morgan fingerprint density at radius 3 is 2.95 bits per heavy atom. The SMILES string of the molecule is CC#CCCC(NN)c1nc2ccccc2cc1Br. The Balaban J connectivity index is 2.35. The summed E-state index contributed by atoms with van der Waals surface area (Å²) in [5.41, 5.74) is 4.73. The average Bonchev–Trinajstić information content (AvgIpc) is 2.43. The van der Waals surface area contributed by atoms with E-state index >= 15 is 0 Å². The van der Waals surface area contributed by atoms with Crippen LogP contribution in [-0.4, -0.2) is 4.98 Å². The van der Waals surface area contributed by atoms with Crippen molar-refractivity contribution in [3.63, 3.8) is 0 Å². The van der Waals surface area contributed by atoms with Crippen LogP contribution in [-0.2, 0) is 0 Å². The van der Waals surface area contributed by atoms with Crippen molar-refractivity contribution in [2.45, 2.75) is 25.8 Å². The lowest BCUT2D eigenvalue weighted by molar-refractivity contribution is 0.511. The monoisotopic (exact) mass is 317 g/mol. The fourth-order valence-electron chi connectivity index (χ4n) is 1.99. The van der Waals surface area contributed by atoms with Crippen LogP contribution < -0.4 is 11.3 Å². The third-order valence-corrected chi connectivity index (χ3v) is 3.61. The van der Waals surface area contributed by atoms with Crippen LogP contribution in [0.3, 0.4) is 0 Å². The Morgan fingerprint density at radius 2 is 2.21 bits per heavy atom. The number of halogens is 1. The van der Waals surface area contributed by atoms with Crippen molar-refractivity contribution in [1.82, 2.24) is 10.4 Å². The second kappa shape index (κ2) is 6.67. The van der Waals surface area contributed by atoms with Crippen LogP contribution >= 0.6 is 15.9 Å². The lowest BCUT2D eigenvalue weighted by atomic mass is 10.1. The number of nitrogens with zero attached hydrogens (tertiary/aromatic N) is 1. The summed E-state index contributed by atoms with van der Waals surface area (Å²) in [7, 11) is 0. The number of hydrogen-bond donors (Lipinski definition) is 2. The maximum absolute atomic E-state index is 5.64. The predicted octanol–water partition coefficient (Wildman–Crippen LogP) is 3.31. The minimum absolute atomic E-state index is 0.000156. The molecule has 19 heavy (non-hydrogen) atoms. The zero-order chi connectivity index (χ0) is 13.7. The van der Waals surface area contributed by atoms with Crippen molar-refractivity contribution in [2.24, 2.45) is 5.84 Å². The first-order valence-corrected chi connectivity index (χ1v) is 6.96. The van der Waals surface area contributed by atoms with E-state index in [-0.39, 0.29) is 6.04 Å². The van der Waals surface area contributed by atoms with Crippen LogP contribution in [0, 0.1) is 11.8 Å². The minimum atomic E-state index is -0.000156. The van der Waals surface area contributed by atoms with Crippen molar-refractivity contribution in [2.75, 3.05) is 0 Å². The van der Waals surface area contributed by atoms with Crippen LogP contribution in [0.4, 0.5) is 0 Å². The molecular weight excluding hydrogens is 302 g/mol. The second-order valence-corrected chi connectivity index (χ2v) is 5.09. The van der Waals surface area contributed by atoms with E-state index in [0.717, 1.165) is 33.9 Å². The first-order valence-electron chi connectivity index (χ1n) is 6.17. The van der Waals surface area contributed by atoms with Gasteiger partial charge in [-0.3, -0.25) is 11.3 Å². The first-order chi connectivity index (χ1) is 9.26. The quantitative estimate of drug-likeness (QED) is 0.517. The molecule has 0 saturated heterocycles. The molecule has 0 bridgehead atoms. The number of fused-ring (bicyclic) bond motifs is 1. The lowest BCUT2D eigenvalue weighted by Gasteiger charge is -2.16. The Bertz CT molecular complexity index is 628.